The molecule has 4 nitrogen and oxygen atoms in total. The van der Waals surface area contributed by atoms with Crippen LogP contribution in [0.2, 0.25) is 0 Å². The second-order valence-electron chi connectivity index (χ2n) is 4.38. The van der Waals surface area contributed by atoms with E-state index in [0.717, 1.165) is 17.9 Å². The molecular weight excluding hydrogens is 230 g/mol. The first-order valence-corrected chi connectivity index (χ1v) is 6.05. The van der Waals surface area contributed by atoms with E-state index >= 15 is 0 Å². The van der Waals surface area contributed by atoms with Gasteiger partial charge in [-0.15, -0.1) is 0 Å². The molecule has 4 heteroatoms. The average molecular weight is 251 g/mol. The zero-order valence-corrected chi connectivity index (χ0v) is 11.3. The summed E-state index contributed by atoms with van der Waals surface area (Å²) in [5, 5.41) is 0. The Bertz CT molecular complexity index is 377. The van der Waals surface area contributed by atoms with Gasteiger partial charge in [0.25, 0.3) is 0 Å². The van der Waals surface area contributed by atoms with Crippen LogP contribution in [0.1, 0.15) is 12.0 Å². The summed E-state index contributed by atoms with van der Waals surface area (Å²) in [5.41, 5.74) is 1.09. The summed E-state index contributed by atoms with van der Waals surface area (Å²) in [4.78, 5) is 13.1. The van der Waals surface area contributed by atoms with Crippen LogP contribution in [0.15, 0.2) is 24.3 Å². The number of likely N-dealkylation sites (N-methyl/N-ethyl adjacent to an activating group) is 1. The molecule has 0 unspecified atom stereocenters. The Kier molecular flexibility index (Phi) is 6.22. The standard InChI is InChI=1S/C14H21NO3/c1-15(2)9-10-18-13-6-4-5-12(11-13)7-8-14(16)17-3/h4-6,11H,7-10H2,1-3H3. The molecule has 18 heavy (non-hydrogen) atoms. The highest BCUT2D eigenvalue weighted by Crippen LogP contribution is 2.14. The Morgan fingerprint density at radius 1 is 1.33 bits per heavy atom. The van der Waals surface area contributed by atoms with E-state index in [9.17, 15) is 4.79 Å². The molecule has 1 rings (SSSR count). The van der Waals surface area contributed by atoms with Crippen molar-refractivity contribution in [1.82, 2.24) is 4.90 Å². The monoisotopic (exact) mass is 251 g/mol. The van der Waals surface area contributed by atoms with Crippen LogP contribution < -0.4 is 4.74 Å². The molecule has 0 radical (unpaired) electrons. The van der Waals surface area contributed by atoms with Crippen LogP contribution in [0.3, 0.4) is 0 Å². The summed E-state index contributed by atoms with van der Waals surface area (Å²) in [7, 11) is 5.43. The summed E-state index contributed by atoms with van der Waals surface area (Å²) in [6.07, 6.45) is 1.08. The van der Waals surface area contributed by atoms with Crippen LogP contribution in [-0.4, -0.2) is 45.2 Å². The number of hydrogen-bond acceptors (Lipinski definition) is 4. The van der Waals surface area contributed by atoms with Crippen molar-refractivity contribution in [3.8, 4) is 5.75 Å². The lowest BCUT2D eigenvalue weighted by molar-refractivity contribution is -0.140. The van der Waals surface area contributed by atoms with Gasteiger partial charge in [0, 0.05) is 13.0 Å². The number of rotatable bonds is 7. The smallest absolute Gasteiger partial charge is 0.305 e. The summed E-state index contributed by atoms with van der Waals surface area (Å²) < 4.78 is 10.3. The molecule has 0 aliphatic heterocycles. The van der Waals surface area contributed by atoms with Crippen molar-refractivity contribution in [3.05, 3.63) is 29.8 Å². The molecule has 100 valence electrons. The molecule has 0 aliphatic carbocycles. The van der Waals surface area contributed by atoms with Crippen molar-refractivity contribution >= 4 is 5.97 Å². The predicted octanol–water partition coefficient (Wildman–Crippen LogP) is 1.73. The van der Waals surface area contributed by atoms with Crippen molar-refractivity contribution < 1.29 is 14.3 Å². The largest absolute Gasteiger partial charge is 0.492 e. The van der Waals surface area contributed by atoms with Gasteiger partial charge in [0.1, 0.15) is 12.4 Å². The van der Waals surface area contributed by atoms with Crippen LogP contribution in [0.4, 0.5) is 0 Å². The fraction of sp³-hybridized carbons (Fsp3) is 0.500. The van der Waals surface area contributed by atoms with Crippen LogP contribution >= 0.6 is 0 Å². The maximum Gasteiger partial charge on any atom is 0.305 e. The van der Waals surface area contributed by atoms with Crippen LogP contribution in [0.5, 0.6) is 5.75 Å². The number of carbonyl (C=O) groups is 1. The van der Waals surface area contributed by atoms with Gasteiger partial charge < -0.3 is 14.4 Å². The molecule has 0 aliphatic rings. The highest BCUT2D eigenvalue weighted by atomic mass is 16.5. The number of carbonyl (C=O) groups excluding carboxylic acids is 1. The number of ether oxygens (including phenoxy) is 2. The number of esters is 1. The van der Waals surface area contributed by atoms with E-state index in [1.54, 1.807) is 0 Å². The van der Waals surface area contributed by atoms with Crippen molar-refractivity contribution in [2.75, 3.05) is 34.4 Å². The molecule has 0 bridgehead atoms. The average Bonchev–Trinajstić information content (AvgIpc) is 2.36. The van der Waals surface area contributed by atoms with Gasteiger partial charge in [-0.1, -0.05) is 12.1 Å². The third-order valence-electron chi connectivity index (χ3n) is 2.55. The Morgan fingerprint density at radius 2 is 2.11 bits per heavy atom. The fourth-order valence-corrected chi connectivity index (χ4v) is 1.49. The highest BCUT2D eigenvalue weighted by Gasteiger charge is 2.02. The molecule has 1 aromatic carbocycles. The molecule has 0 aromatic heterocycles. The number of aryl methyl sites for hydroxylation is 1. The molecular formula is C14H21NO3. The summed E-state index contributed by atoms with van der Waals surface area (Å²) >= 11 is 0. The summed E-state index contributed by atoms with van der Waals surface area (Å²) in [6, 6.07) is 7.83. The first-order valence-electron chi connectivity index (χ1n) is 6.05. The third-order valence-corrected chi connectivity index (χ3v) is 2.55. The second kappa shape index (κ2) is 7.71. The number of methoxy groups -OCH3 is 1. The van der Waals surface area contributed by atoms with E-state index in [4.69, 9.17) is 4.74 Å². The number of nitrogens with zero attached hydrogens (tertiary/aromatic N) is 1. The molecule has 0 heterocycles. The van der Waals surface area contributed by atoms with Gasteiger partial charge in [0.05, 0.1) is 7.11 Å². The molecule has 0 saturated carbocycles. The zero-order chi connectivity index (χ0) is 13.4. The van der Waals surface area contributed by atoms with E-state index in [2.05, 4.69) is 9.64 Å². The molecule has 1 aromatic rings. The lowest BCUT2D eigenvalue weighted by atomic mass is 10.1. The van der Waals surface area contributed by atoms with E-state index in [1.165, 1.54) is 7.11 Å². The zero-order valence-electron chi connectivity index (χ0n) is 11.3. The summed E-state index contributed by atoms with van der Waals surface area (Å²) in [5.74, 6) is 0.660. The SMILES string of the molecule is COC(=O)CCc1cccc(OCCN(C)C)c1. The van der Waals surface area contributed by atoms with E-state index in [0.29, 0.717) is 19.4 Å². The minimum Gasteiger partial charge on any atom is -0.492 e. The first-order chi connectivity index (χ1) is 8.61. The van der Waals surface area contributed by atoms with Gasteiger partial charge in [0.15, 0.2) is 0 Å². The van der Waals surface area contributed by atoms with Gasteiger partial charge in [-0.05, 0) is 38.2 Å². The van der Waals surface area contributed by atoms with Crippen molar-refractivity contribution in [1.29, 1.82) is 0 Å². The number of hydrogen-bond donors (Lipinski definition) is 0. The van der Waals surface area contributed by atoms with Gasteiger partial charge in [-0.2, -0.15) is 0 Å². The molecule has 0 saturated heterocycles. The first kappa shape index (κ1) is 14.5. The molecule has 0 N–H and O–H groups in total. The molecule has 0 atom stereocenters. The van der Waals surface area contributed by atoms with Crippen LogP contribution in [0, 0.1) is 0 Å². The normalized spacial score (nSPS) is 10.4. The molecule has 0 spiro atoms. The Hall–Kier alpha value is -1.55. The molecule has 0 fully saturated rings. The second-order valence-corrected chi connectivity index (χ2v) is 4.38. The van der Waals surface area contributed by atoms with Crippen molar-refractivity contribution in [3.63, 3.8) is 0 Å². The van der Waals surface area contributed by atoms with Crippen molar-refractivity contribution in [2.45, 2.75) is 12.8 Å². The Morgan fingerprint density at radius 3 is 2.78 bits per heavy atom. The predicted molar refractivity (Wildman–Crippen MR) is 70.8 cm³/mol. The minimum absolute atomic E-state index is 0.186. The minimum atomic E-state index is -0.186. The maximum atomic E-state index is 11.1. The van der Waals surface area contributed by atoms with Crippen LogP contribution in [0.25, 0.3) is 0 Å². The van der Waals surface area contributed by atoms with E-state index in [1.807, 2.05) is 38.4 Å². The quantitative estimate of drug-likeness (QED) is 0.692. The van der Waals surface area contributed by atoms with Gasteiger partial charge in [-0.3, -0.25) is 4.79 Å². The molecule has 0 amide bonds. The van der Waals surface area contributed by atoms with E-state index in [-0.39, 0.29) is 5.97 Å². The third kappa shape index (κ3) is 5.68. The van der Waals surface area contributed by atoms with Gasteiger partial charge >= 0.3 is 5.97 Å². The topological polar surface area (TPSA) is 38.8 Å². The Labute approximate surface area is 108 Å². The van der Waals surface area contributed by atoms with E-state index < -0.39 is 0 Å². The lowest BCUT2D eigenvalue weighted by Gasteiger charge is -2.11. The highest BCUT2D eigenvalue weighted by molar-refractivity contribution is 5.69. The summed E-state index contributed by atoms with van der Waals surface area (Å²) in [6.45, 7) is 1.54. The van der Waals surface area contributed by atoms with Gasteiger partial charge in [-0.25, -0.2) is 0 Å². The lowest BCUT2D eigenvalue weighted by Crippen LogP contribution is -2.19. The maximum absolute atomic E-state index is 11.1. The van der Waals surface area contributed by atoms with Crippen LogP contribution in [-0.2, 0) is 16.0 Å². The van der Waals surface area contributed by atoms with Gasteiger partial charge in [0.2, 0.25) is 0 Å². The van der Waals surface area contributed by atoms with Crippen molar-refractivity contribution in [2.24, 2.45) is 0 Å². The Balaban J connectivity index is 2.43. The fourth-order valence-electron chi connectivity index (χ4n) is 1.49. The number of benzene rings is 1.